The molecule has 17 heavy (non-hydrogen) atoms. The lowest BCUT2D eigenvalue weighted by molar-refractivity contribution is -0.00963. The molecular weight excluding hydrogens is 221 g/mol. The zero-order chi connectivity index (χ0) is 13.1. The van der Waals surface area contributed by atoms with Crippen molar-refractivity contribution in [3.05, 3.63) is 29.6 Å². The van der Waals surface area contributed by atoms with Crippen LogP contribution in [0.4, 0.5) is 4.39 Å². The Morgan fingerprint density at radius 2 is 1.94 bits per heavy atom. The minimum Gasteiger partial charge on any atom is -0.496 e. The third kappa shape index (κ3) is 2.96. The molecular formula is C13H20FNO2. The number of benzene rings is 1. The molecule has 0 aliphatic heterocycles. The number of methoxy groups -OCH3 is 2. The van der Waals surface area contributed by atoms with Gasteiger partial charge in [-0.1, -0.05) is 0 Å². The van der Waals surface area contributed by atoms with E-state index in [0.29, 0.717) is 5.75 Å². The highest BCUT2D eigenvalue weighted by Crippen LogP contribution is 2.34. The Kier molecular flexibility index (Phi) is 4.48. The van der Waals surface area contributed by atoms with Crippen LogP contribution >= 0.6 is 0 Å². The predicted octanol–water partition coefficient (Wildman–Crippen LogP) is 2.52. The van der Waals surface area contributed by atoms with E-state index in [1.54, 1.807) is 20.3 Å². The number of hydrogen-bond donors (Lipinski definition) is 1. The van der Waals surface area contributed by atoms with Crippen molar-refractivity contribution in [2.24, 2.45) is 0 Å². The van der Waals surface area contributed by atoms with E-state index < -0.39 is 5.60 Å². The minimum absolute atomic E-state index is 0.154. The standard InChI is InChI=1S/C13H20FNO2/c1-13(2,17-5)12(15-3)10-8-9(14)6-7-11(10)16-4/h6-8,12,15H,1-5H3. The van der Waals surface area contributed by atoms with Crippen molar-refractivity contribution >= 4 is 0 Å². The molecule has 0 aliphatic rings. The molecule has 0 spiro atoms. The maximum absolute atomic E-state index is 13.3. The fourth-order valence-electron chi connectivity index (χ4n) is 1.93. The molecule has 1 atom stereocenters. The van der Waals surface area contributed by atoms with Crippen molar-refractivity contribution in [2.45, 2.75) is 25.5 Å². The van der Waals surface area contributed by atoms with Gasteiger partial charge in [0.05, 0.1) is 18.8 Å². The lowest BCUT2D eigenvalue weighted by atomic mass is 9.91. The molecule has 1 unspecified atom stereocenters. The van der Waals surface area contributed by atoms with E-state index in [-0.39, 0.29) is 11.9 Å². The van der Waals surface area contributed by atoms with Crippen LogP contribution in [0.5, 0.6) is 5.75 Å². The summed E-state index contributed by atoms with van der Waals surface area (Å²) in [6.45, 7) is 3.89. The van der Waals surface area contributed by atoms with E-state index >= 15 is 0 Å². The Hall–Kier alpha value is -1.13. The fraction of sp³-hybridized carbons (Fsp3) is 0.538. The molecule has 0 heterocycles. The van der Waals surface area contributed by atoms with Gasteiger partial charge in [-0.15, -0.1) is 0 Å². The summed E-state index contributed by atoms with van der Waals surface area (Å²) in [6.07, 6.45) is 0. The lowest BCUT2D eigenvalue weighted by Crippen LogP contribution is -2.39. The summed E-state index contributed by atoms with van der Waals surface area (Å²) in [5.74, 6) is 0.365. The summed E-state index contributed by atoms with van der Waals surface area (Å²) in [5, 5.41) is 3.14. The predicted molar refractivity (Wildman–Crippen MR) is 65.8 cm³/mol. The summed E-state index contributed by atoms with van der Waals surface area (Å²) in [5.41, 5.74) is 0.289. The van der Waals surface area contributed by atoms with Crippen LogP contribution in [0.3, 0.4) is 0 Å². The lowest BCUT2D eigenvalue weighted by Gasteiger charge is -2.34. The molecule has 1 rings (SSSR count). The van der Waals surface area contributed by atoms with E-state index in [0.717, 1.165) is 5.56 Å². The van der Waals surface area contributed by atoms with Crippen molar-refractivity contribution in [2.75, 3.05) is 21.3 Å². The van der Waals surface area contributed by atoms with Gasteiger partial charge in [0.2, 0.25) is 0 Å². The Bertz CT molecular complexity index is 380. The number of ether oxygens (including phenoxy) is 2. The van der Waals surface area contributed by atoms with Crippen LogP contribution in [0.25, 0.3) is 0 Å². The third-order valence-electron chi connectivity index (χ3n) is 3.01. The maximum Gasteiger partial charge on any atom is 0.123 e. The highest BCUT2D eigenvalue weighted by molar-refractivity contribution is 5.37. The molecule has 1 aromatic carbocycles. The number of halogens is 1. The van der Waals surface area contributed by atoms with E-state index in [1.807, 2.05) is 20.9 Å². The van der Waals surface area contributed by atoms with Gasteiger partial charge in [0.15, 0.2) is 0 Å². The summed E-state index contributed by atoms with van der Waals surface area (Å²) < 4.78 is 24.1. The molecule has 0 bridgehead atoms. The van der Waals surface area contributed by atoms with Crippen molar-refractivity contribution < 1.29 is 13.9 Å². The van der Waals surface area contributed by atoms with E-state index in [1.165, 1.54) is 12.1 Å². The van der Waals surface area contributed by atoms with Gasteiger partial charge >= 0.3 is 0 Å². The molecule has 0 radical (unpaired) electrons. The molecule has 0 amide bonds. The van der Waals surface area contributed by atoms with Gasteiger partial charge < -0.3 is 14.8 Å². The third-order valence-corrected chi connectivity index (χ3v) is 3.01. The number of hydrogen-bond acceptors (Lipinski definition) is 3. The number of rotatable bonds is 5. The molecule has 0 aliphatic carbocycles. The summed E-state index contributed by atoms with van der Waals surface area (Å²) in [7, 11) is 5.02. The molecule has 1 aromatic rings. The van der Waals surface area contributed by atoms with Crippen LogP contribution in [-0.4, -0.2) is 26.9 Å². The van der Waals surface area contributed by atoms with Crippen molar-refractivity contribution in [1.82, 2.24) is 5.32 Å². The summed E-state index contributed by atoms with van der Waals surface area (Å²) in [4.78, 5) is 0. The van der Waals surface area contributed by atoms with Crippen molar-refractivity contribution in [1.29, 1.82) is 0 Å². The first-order valence-corrected chi connectivity index (χ1v) is 5.52. The van der Waals surface area contributed by atoms with Crippen molar-refractivity contribution in [3.8, 4) is 5.75 Å². The zero-order valence-electron chi connectivity index (χ0n) is 11.0. The largest absolute Gasteiger partial charge is 0.496 e. The smallest absolute Gasteiger partial charge is 0.123 e. The second-order valence-electron chi connectivity index (χ2n) is 4.42. The molecule has 0 saturated carbocycles. The molecule has 0 saturated heterocycles. The van der Waals surface area contributed by atoms with Crippen LogP contribution in [0.15, 0.2) is 18.2 Å². The van der Waals surface area contributed by atoms with E-state index in [2.05, 4.69) is 5.32 Å². The van der Waals surface area contributed by atoms with Gasteiger partial charge in [0.25, 0.3) is 0 Å². The van der Waals surface area contributed by atoms with Gasteiger partial charge in [-0.3, -0.25) is 0 Å². The monoisotopic (exact) mass is 241 g/mol. The quantitative estimate of drug-likeness (QED) is 0.859. The number of nitrogens with one attached hydrogen (secondary N) is 1. The second-order valence-corrected chi connectivity index (χ2v) is 4.42. The van der Waals surface area contributed by atoms with Gasteiger partial charge in [0.1, 0.15) is 11.6 Å². The maximum atomic E-state index is 13.3. The normalized spacial score (nSPS) is 13.5. The average Bonchev–Trinajstić information content (AvgIpc) is 2.30. The van der Waals surface area contributed by atoms with Gasteiger partial charge in [-0.2, -0.15) is 0 Å². The molecule has 0 fully saturated rings. The molecule has 0 aromatic heterocycles. The fourth-order valence-corrected chi connectivity index (χ4v) is 1.93. The molecule has 3 nitrogen and oxygen atoms in total. The van der Waals surface area contributed by atoms with E-state index in [4.69, 9.17) is 9.47 Å². The first-order valence-electron chi connectivity index (χ1n) is 5.52. The van der Waals surface area contributed by atoms with Gasteiger partial charge in [-0.05, 0) is 39.1 Å². The minimum atomic E-state index is -0.462. The van der Waals surface area contributed by atoms with Gasteiger partial charge in [0, 0.05) is 12.7 Å². The van der Waals surface area contributed by atoms with Crippen LogP contribution < -0.4 is 10.1 Å². The van der Waals surface area contributed by atoms with Crippen molar-refractivity contribution in [3.63, 3.8) is 0 Å². The number of likely N-dealkylation sites (N-methyl/N-ethyl adjacent to an activating group) is 1. The highest BCUT2D eigenvalue weighted by atomic mass is 19.1. The van der Waals surface area contributed by atoms with Crippen LogP contribution in [0.2, 0.25) is 0 Å². The highest BCUT2D eigenvalue weighted by Gasteiger charge is 2.31. The first-order chi connectivity index (χ1) is 7.96. The van der Waals surface area contributed by atoms with Crippen LogP contribution in [0, 0.1) is 5.82 Å². The Morgan fingerprint density at radius 1 is 1.29 bits per heavy atom. The van der Waals surface area contributed by atoms with Crippen LogP contribution in [0.1, 0.15) is 25.5 Å². The Morgan fingerprint density at radius 3 is 2.41 bits per heavy atom. The van der Waals surface area contributed by atoms with Gasteiger partial charge in [-0.25, -0.2) is 4.39 Å². The topological polar surface area (TPSA) is 30.5 Å². The summed E-state index contributed by atoms with van der Waals surface area (Å²) >= 11 is 0. The zero-order valence-corrected chi connectivity index (χ0v) is 11.0. The molecule has 96 valence electrons. The first kappa shape index (κ1) is 13.9. The Balaban J connectivity index is 3.23. The molecule has 1 N–H and O–H groups in total. The summed E-state index contributed by atoms with van der Waals surface area (Å²) in [6, 6.07) is 4.33. The van der Waals surface area contributed by atoms with E-state index in [9.17, 15) is 4.39 Å². The molecule has 4 heteroatoms. The second kappa shape index (κ2) is 5.47. The van der Waals surface area contributed by atoms with Crippen LogP contribution in [-0.2, 0) is 4.74 Å². The Labute approximate surface area is 102 Å². The average molecular weight is 241 g/mol. The SMILES string of the molecule is CNC(c1cc(F)ccc1OC)C(C)(C)OC.